The van der Waals surface area contributed by atoms with Crippen molar-refractivity contribution in [1.29, 1.82) is 0 Å². The van der Waals surface area contributed by atoms with Gasteiger partial charge in [-0.05, 0) is 6.07 Å². The molecule has 0 aromatic heterocycles. The second-order valence-electron chi connectivity index (χ2n) is 2.97. The number of hydrogen-bond acceptors (Lipinski definition) is 5. The standard InChI is InChI=1S/C8H9BrN2O5S/c1-16-8-3-2-6(11(12)13)4-7(8)10-17(14,15)5-9/h2-4,10H,5H2,1H3. The fraction of sp³-hybridized carbons (Fsp3) is 0.250. The Morgan fingerprint density at radius 1 is 1.53 bits per heavy atom. The summed E-state index contributed by atoms with van der Waals surface area (Å²) in [5, 5.41) is 10.6. The van der Waals surface area contributed by atoms with E-state index in [9.17, 15) is 18.5 Å². The zero-order chi connectivity index (χ0) is 13.1. The number of rotatable bonds is 5. The normalized spacial score (nSPS) is 10.9. The van der Waals surface area contributed by atoms with E-state index in [0.717, 1.165) is 6.07 Å². The average molecular weight is 325 g/mol. The number of nitro groups is 1. The Morgan fingerprint density at radius 3 is 2.65 bits per heavy atom. The van der Waals surface area contributed by atoms with E-state index < -0.39 is 14.9 Å². The Kier molecular flexibility index (Phi) is 4.29. The van der Waals surface area contributed by atoms with Gasteiger partial charge in [0, 0.05) is 12.1 Å². The summed E-state index contributed by atoms with van der Waals surface area (Å²) >= 11 is 2.80. The number of hydrogen-bond donors (Lipinski definition) is 1. The highest BCUT2D eigenvalue weighted by Crippen LogP contribution is 2.29. The minimum Gasteiger partial charge on any atom is -0.495 e. The van der Waals surface area contributed by atoms with Crippen LogP contribution in [0.4, 0.5) is 11.4 Å². The lowest BCUT2D eigenvalue weighted by molar-refractivity contribution is -0.384. The number of anilines is 1. The third-order valence-electron chi connectivity index (χ3n) is 1.80. The van der Waals surface area contributed by atoms with Gasteiger partial charge in [-0.3, -0.25) is 14.8 Å². The molecule has 0 fully saturated rings. The Bertz CT molecular complexity index is 531. The number of non-ortho nitro benzene ring substituents is 1. The molecule has 17 heavy (non-hydrogen) atoms. The van der Waals surface area contributed by atoms with E-state index >= 15 is 0 Å². The summed E-state index contributed by atoms with van der Waals surface area (Å²) in [7, 11) is -2.24. The van der Waals surface area contributed by atoms with Crippen molar-refractivity contribution in [1.82, 2.24) is 0 Å². The SMILES string of the molecule is COc1ccc([N+](=O)[O-])cc1NS(=O)(=O)CBr. The summed E-state index contributed by atoms with van der Waals surface area (Å²) in [5.74, 6) is 0.208. The van der Waals surface area contributed by atoms with Crippen molar-refractivity contribution in [3.63, 3.8) is 0 Å². The molecule has 0 unspecified atom stereocenters. The number of nitro benzene ring substituents is 1. The molecule has 0 radical (unpaired) electrons. The fourth-order valence-electron chi connectivity index (χ4n) is 1.08. The van der Waals surface area contributed by atoms with E-state index in [1.54, 1.807) is 0 Å². The van der Waals surface area contributed by atoms with Crippen molar-refractivity contribution in [3.8, 4) is 5.75 Å². The van der Waals surface area contributed by atoms with Crippen LogP contribution in [0.15, 0.2) is 18.2 Å². The van der Waals surface area contributed by atoms with Gasteiger partial charge in [0.25, 0.3) is 5.69 Å². The predicted molar refractivity (Wildman–Crippen MR) is 66.0 cm³/mol. The largest absolute Gasteiger partial charge is 0.495 e. The summed E-state index contributed by atoms with van der Waals surface area (Å²) < 4.78 is 29.4. The summed E-state index contributed by atoms with van der Waals surface area (Å²) in [6, 6.07) is 3.65. The van der Waals surface area contributed by atoms with Crippen LogP contribution < -0.4 is 9.46 Å². The van der Waals surface area contributed by atoms with Crippen LogP contribution in [0.3, 0.4) is 0 Å². The van der Waals surface area contributed by atoms with E-state index in [2.05, 4.69) is 20.7 Å². The van der Waals surface area contributed by atoms with Gasteiger partial charge in [-0.25, -0.2) is 8.42 Å². The van der Waals surface area contributed by atoms with Crippen LogP contribution in [0.5, 0.6) is 5.75 Å². The molecule has 1 rings (SSSR count). The maximum absolute atomic E-state index is 11.3. The number of sulfonamides is 1. The molecule has 0 heterocycles. The second-order valence-corrected chi connectivity index (χ2v) is 5.99. The average Bonchev–Trinajstić information content (AvgIpc) is 2.28. The predicted octanol–water partition coefficient (Wildman–Crippen LogP) is 1.70. The summed E-state index contributed by atoms with van der Waals surface area (Å²) in [6.07, 6.45) is 0. The lowest BCUT2D eigenvalue weighted by Crippen LogP contribution is -2.14. The Balaban J connectivity index is 3.19. The van der Waals surface area contributed by atoms with Gasteiger partial charge in [0.2, 0.25) is 10.0 Å². The molecule has 0 saturated carbocycles. The molecule has 1 aromatic rings. The number of nitrogens with one attached hydrogen (secondary N) is 1. The van der Waals surface area contributed by atoms with Crippen molar-refractivity contribution in [3.05, 3.63) is 28.3 Å². The molecular weight excluding hydrogens is 316 g/mol. The van der Waals surface area contributed by atoms with E-state index in [1.165, 1.54) is 19.2 Å². The van der Waals surface area contributed by atoms with Crippen molar-refractivity contribution in [2.75, 3.05) is 16.5 Å². The van der Waals surface area contributed by atoms with Crippen LogP contribution in [0.2, 0.25) is 0 Å². The zero-order valence-electron chi connectivity index (χ0n) is 8.71. The van der Waals surface area contributed by atoms with Gasteiger partial charge in [-0.15, -0.1) is 0 Å². The van der Waals surface area contributed by atoms with Crippen LogP contribution in [0, 0.1) is 10.1 Å². The molecule has 1 N–H and O–H groups in total. The third-order valence-corrected chi connectivity index (χ3v) is 4.43. The first-order valence-corrected chi connectivity index (χ1v) is 7.06. The van der Waals surface area contributed by atoms with Crippen LogP contribution in [0.25, 0.3) is 0 Å². The van der Waals surface area contributed by atoms with Gasteiger partial charge >= 0.3 is 0 Å². The number of nitrogens with zero attached hydrogens (tertiary/aromatic N) is 1. The number of benzene rings is 1. The number of alkyl halides is 1. The van der Waals surface area contributed by atoms with Gasteiger partial charge in [-0.2, -0.15) is 0 Å². The molecular formula is C8H9BrN2O5S. The highest BCUT2D eigenvalue weighted by molar-refractivity contribution is 9.10. The molecule has 0 spiro atoms. The number of halogens is 1. The lowest BCUT2D eigenvalue weighted by atomic mass is 10.2. The van der Waals surface area contributed by atoms with Crippen LogP contribution in [-0.4, -0.2) is 25.1 Å². The molecule has 0 amide bonds. The Hall–Kier alpha value is -1.35. The first-order valence-electron chi connectivity index (χ1n) is 4.28. The molecule has 94 valence electrons. The van der Waals surface area contributed by atoms with Crippen molar-refractivity contribution >= 4 is 37.3 Å². The number of methoxy groups -OCH3 is 1. The van der Waals surface area contributed by atoms with Gasteiger partial charge < -0.3 is 4.74 Å². The maximum Gasteiger partial charge on any atom is 0.271 e. The fourth-order valence-corrected chi connectivity index (χ4v) is 1.98. The Labute approximate surface area is 106 Å². The Morgan fingerprint density at radius 2 is 2.18 bits per heavy atom. The van der Waals surface area contributed by atoms with Gasteiger partial charge in [0.1, 0.15) is 10.4 Å². The van der Waals surface area contributed by atoms with Crippen molar-refractivity contribution < 1.29 is 18.1 Å². The van der Waals surface area contributed by atoms with E-state index in [-0.39, 0.29) is 21.8 Å². The third kappa shape index (κ3) is 3.56. The summed E-state index contributed by atoms with van der Waals surface area (Å²) in [4.78, 5) is 9.95. The lowest BCUT2D eigenvalue weighted by Gasteiger charge is -2.09. The van der Waals surface area contributed by atoms with Crippen LogP contribution >= 0.6 is 15.9 Å². The van der Waals surface area contributed by atoms with E-state index in [4.69, 9.17) is 4.74 Å². The minimum atomic E-state index is -3.58. The highest BCUT2D eigenvalue weighted by atomic mass is 79.9. The molecule has 0 aliphatic carbocycles. The zero-order valence-corrected chi connectivity index (χ0v) is 11.1. The molecule has 0 aliphatic heterocycles. The van der Waals surface area contributed by atoms with Gasteiger partial charge in [0.05, 0.1) is 17.7 Å². The summed E-state index contributed by atoms with van der Waals surface area (Å²) in [6.45, 7) is 0. The molecule has 0 aliphatic rings. The van der Waals surface area contributed by atoms with Crippen LogP contribution in [0.1, 0.15) is 0 Å². The monoisotopic (exact) mass is 324 g/mol. The molecule has 1 aromatic carbocycles. The van der Waals surface area contributed by atoms with Gasteiger partial charge in [-0.1, -0.05) is 15.9 Å². The van der Waals surface area contributed by atoms with Gasteiger partial charge in [0.15, 0.2) is 0 Å². The smallest absolute Gasteiger partial charge is 0.271 e. The summed E-state index contributed by atoms with van der Waals surface area (Å²) in [5.41, 5.74) is -0.195. The first-order chi connectivity index (χ1) is 7.89. The number of ether oxygens (including phenoxy) is 1. The highest BCUT2D eigenvalue weighted by Gasteiger charge is 2.16. The molecule has 7 nitrogen and oxygen atoms in total. The van der Waals surface area contributed by atoms with Crippen molar-refractivity contribution in [2.45, 2.75) is 0 Å². The first kappa shape index (κ1) is 13.7. The molecule has 9 heteroatoms. The molecule has 0 atom stereocenters. The topological polar surface area (TPSA) is 98.5 Å². The second kappa shape index (κ2) is 5.32. The van der Waals surface area contributed by atoms with Crippen molar-refractivity contribution in [2.24, 2.45) is 0 Å². The van der Waals surface area contributed by atoms with Crippen LogP contribution in [-0.2, 0) is 10.0 Å². The van der Waals surface area contributed by atoms with E-state index in [1.807, 2.05) is 0 Å². The maximum atomic E-state index is 11.3. The molecule has 0 saturated heterocycles. The quantitative estimate of drug-likeness (QED) is 0.505. The van der Waals surface area contributed by atoms with E-state index in [0.29, 0.717) is 0 Å². The minimum absolute atomic E-state index is 0.0288. The molecule has 0 bridgehead atoms.